The lowest BCUT2D eigenvalue weighted by molar-refractivity contribution is -0.114. The SMILES string of the molecule is O=CC1NC2(c3cccc4cc[nH]c34)CCC1CC2. The molecular weight excluding hydrogens is 236 g/mol. The van der Waals surface area contributed by atoms with Gasteiger partial charge < -0.3 is 9.78 Å². The van der Waals surface area contributed by atoms with Gasteiger partial charge in [-0.25, -0.2) is 0 Å². The zero-order chi connectivity index (χ0) is 12.9. The van der Waals surface area contributed by atoms with Gasteiger partial charge >= 0.3 is 0 Å². The number of hydrogen-bond acceptors (Lipinski definition) is 2. The molecule has 5 rings (SSSR count). The molecule has 1 atom stereocenters. The van der Waals surface area contributed by atoms with Gasteiger partial charge in [0, 0.05) is 11.7 Å². The molecule has 2 saturated heterocycles. The summed E-state index contributed by atoms with van der Waals surface area (Å²) >= 11 is 0. The van der Waals surface area contributed by atoms with Crippen molar-refractivity contribution in [2.45, 2.75) is 37.3 Å². The lowest BCUT2D eigenvalue weighted by atomic mass is 9.66. The second-order valence-corrected chi connectivity index (χ2v) is 5.97. The molecule has 1 aromatic heterocycles. The molecule has 3 heteroatoms. The van der Waals surface area contributed by atoms with Gasteiger partial charge in [-0.05, 0) is 48.6 Å². The van der Waals surface area contributed by atoms with E-state index in [1.54, 1.807) is 0 Å². The van der Waals surface area contributed by atoms with Crippen LogP contribution in [0, 0.1) is 5.92 Å². The highest BCUT2D eigenvalue weighted by Crippen LogP contribution is 2.47. The van der Waals surface area contributed by atoms with Crippen LogP contribution in [0.25, 0.3) is 10.9 Å². The molecule has 0 amide bonds. The number of aromatic nitrogens is 1. The predicted octanol–water partition coefficient (Wildman–Crippen LogP) is 2.72. The first-order valence-corrected chi connectivity index (χ1v) is 7.12. The van der Waals surface area contributed by atoms with Crippen LogP contribution in [0.3, 0.4) is 0 Å². The van der Waals surface area contributed by atoms with E-state index in [2.05, 4.69) is 34.6 Å². The number of aromatic amines is 1. The molecule has 3 aliphatic rings. The molecule has 1 aromatic carbocycles. The van der Waals surface area contributed by atoms with Crippen LogP contribution in [0.1, 0.15) is 31.2 Å². The normalized spacial score (nSPS) is 33.7. The van der Waals surface area contributed by atoms with E-state index in [0.29, 0.717) is 5.92 Å². The number of carbonyl (C=O) groups is 1. The minimum atomic E-state index is -0.00924. The predicted molar refractivity (Wildman–Crippen MR) is 74.9 cm³/mol. The number of aldehydes is 1. The summed E-state index contributed by atoms with van der Waals surface area (Å²) in [5.74, 6) is 0.544. The molecule has 1 saturated carbocycles. The summed E-state index contributed by atoms with van der Waals surface area (Å²) in [7, 11) is 0. The molecule has 3 fully saturated rings. The van der Waals surface area contributed by atoms with Gasteiger partial charge in [-0.3, -0.25) is 5.32 Å². The van der Waals surface area contributed by atoms with E-state index in [9.17, 15) is 4.79 Å². The van der Waals surface area contributed by atoms with Crippen LogP contribution in [0.4, 0.5) is 0 Å². The lowest BCUT2D eigenvalue weighted by Crippen LogP contribution is -2.59. The van der Waals surface area contributed by atoms with Crippen LogP contribution in [0.15, 0.2) is 30.5 Å². The van der Waals surface area contributed by atoms with E-state index in [-0.39, 0.29) is 11.6 Å². The van der Waals surface area contributed by atoms with Crippen molar-refractivity contribution in [1.82, 2.24) is 10.3 Å². The molecule has 2 aromatic rings. The van der Waals surface area contributed by atoms with E-state index in [0.717, 1.165) is 32.0 Å². The monoisotopic (exact) mass is 254 g/mol. The van der Waals surface area contributed by atoms with Crippen molar-refractivity contribution in [2.24, 2.45) is 5.92 Å². The number of benzene rings is 1. The fourth-order valence-corrected chi connectivity index (χ4v) is 4.05. The highest BCUT2D eigenvalue weighted by Gasteiger charge is 2.46. The first kappa shape index (κ1) is 11.2. The number of fused-ring (bicyclic) bond motifs is 4. The quantitative estimate of drug-likeness (QED) is 0.809. The largest absolute Gasteiger partial charge is 0.361 e. The molecule has 0 radical (unpaired) electrons. The summed E-state index contributed by atoms with van der Waals surface area (Å²) < 4.78 is 0. The fourth-order valence-electron chi connectivity index (χ4n) is 4.05. The molecule has 3 heterocycles. The molecule has 19 heavy (non-hydrogen) atoms. The van der Waals surface area contributed by atoms with Crippen molar-refractivity contribution in [3.8, 4) is 0 Å². The van der Waals surface area contributed by atoms with Gasteiger partial charge in [-0.15, -0.1) is 0 Å². The van der Waals surface area contributed by atoms with Gasteiger partial charge in [0.2, 0.25) is 0 Å². The van der Waals surface area contributed by atoms with Crippen molar-refractivity contribution < 1.29 is 4.79 Å². The smallest absolute Gasteiger partial charge is 0.137 e. The highest BCUT2D eigenvalue weighted by molar-refractivity contribution is 5.83. The summed E-state index contributed by atoms with van der Waals surface area (Å²) in [6.45, 7) is 0. The van der Waals surface area contributed by atoms with Crippen molar-refractivity contribution >= 4 is 17.2 Å². The highest BCUT2D eigenvalue weighted by atomic mass is 16.1. The van der Waals surface area contributed by atoms with Crippen LogP contribution in [-0.2, 0) is 10.3 Å². The standard InChI is InChI=1S/C16H18N2O/c19-10-14-11-4-7-16(18-14,8-5-11)13-3-1-2-12-6-9-17-15(12)13/h1-3,6,9-11,14,17-18H,4-5,7-8H2. The number of nitrogens with one attached hydrogen (secondary N) is 2. The van der Waals surface area contributed by atoms with Crippen LogP contribution in [-0.4, -0.2) is 17.3 Å². The van der Waals surface area contributed by atoms with Crippen molar-refractivity contribution in [2.75, 3.05) is 0 Å². The van der Waals surface area contributed by atoms with Gasteiger partial charge in [0.15, 0.2) is 0 Å². The maximum Gasteiger partial charge on any atom is 0.137 e. The molecule has 3 nitrogen and oxygen atoms in total. The summed E-state index contributed by atoms with van der Waals surface area (Å²) in [6, 6.07) is 8.61. The Balaban J connectivity index is 1.86. The third-order valence-corrected chi connectivity index (χ3v) is 5.08. The average Bonchev–Trinajstić information content (AvgIpc) is 2.96. The minimum Gasteiger partial charge on any atom is -0.361 e. The summed E-state index contributed by atoms with van der Waals surface area (Å²) in [5, 5.41) is 4.88. The van der Waals surface area contributed by atoms with Gasteiger partial charge in [0.1, 0.15) is 6.29 Å². The van der Waals surface area contributed by atoms with Gasteiger partial charge in [0.25, 0.3) is 0 Å². The molecular formula is C16H18N2O. The molecule has 1 aliphatic carbocycles. The first-order valence-electron chi connectivity index (χ1n) is 7.12. The maximum absolute atomic E-state index is 11.3. The zero-order valence-corrected chi connectivity index (χ0v) is 10.9. The number of hydrogen-bond donors (Lipinski definition) is 2. The van der Waals surface area contributed by atoms with Crippen LogP contribution < -0.4 is 5.32 Å². The van der Waals surface area contributed by atoms with Gasteiger partial charge in [0.05, 0.1) is 11.6 Å². The Morgan fingerprint density at radius 2 is 2.05 bits per heavy atom. The number of para-hydroxylation sites is 1. The van der Waals surface area contributed by atoms with Crippen molar-refractivity contribution in [3.05, 3.63) is 36.0 Å². The Labute approximate surface area is 112 Å². The molecule has 98 valence electrons. The minimum absolute atomic E-state index is 0.00924. The molecule has 2 aliphatic heterocycles. The number of piperidine rings is 2. The van der Waals surface area contributed by atoms with Crippen molar-refractivity contribution in [1.29, 1.82) is 0 Å². The number of rotatable bonds is 2. The molecule has 1 unspecified atom stereocenters. The van der Waals surface area contributed by atoms with Crippen LogP contribution >= 0.6 is 0 Å². The number of H-pyrrole nitrogens is 1. The first-order chi connectivity index (χ1) is 9.32. The Kier molecular flexibility index (Phi) is 2.33. The van der Waals surface area contributed by atoms with Crippen molar-refractivity contribution in [3.63, 3.8) is 0 Å². The second kappa shape index (κ2) is 3.94. The van der Waals surface area contributed by atoms with Crippen LogP contribution in [0.5, 0.6) is 0 Å². The Hall–Kier alpha value is -1.61. The van der Waals surface area contributed by atoms with E-state index in [1.807, 2.05) is 6.20 Å². The zero-order valence-electron chi connectivity index (χ0n) is 10.9. The Morgan fingerprint density at radius 1 is 1.21 bits per heavy atom. The molecule has 2 bridgehead atoms. The van der Waals surface area contributed by atoms with E-state index in [4.69, 9.17) is 0 Å². The van der Waals surface area contributed by atoms with Gasteiger partial charge in [-0.1, -0.05) is 18.2 Å². The van der Waals surface area contributed by atoms with E-state index >= 15 is 0 Å². The average molecular weight is 254 g/mol. The van der Waals surface area contributed by atoms with E-state index < -0.39 is 0 Å². The third-order valence-electron chi connectivity index (χ3n) is 5.08. The lowest BCUT2D eigenvalue weighted by Gasteiger charge is -2.51. The van der Waals surface area contributed by atoms with E-state index in [1.165, 1.54) is 16.5 Å². The third kappa shape index (κ3) is 1.51. The number of carbonyl (C=O) groups excluding carboxylic acids is 1. The summed E-state index contributed by atoms with van der Waals surface area (Å²) in [4.78, 5) is 14.6. The second-order valence-electron chi connectivity index (χ2n) is 5.97. The molecule has 2 N–H and O–H groups in total. The Morgan fingerprint density at radius 3 is 2.84 bits per heavy atom. The maximum atomic E-state index is 11.3. The summed E-state index contributed by atoms with van der Waals surface area (Å²) in [6.07, 6.45) is 7.70. The van der Waals surface area contributed by atoms with Crippen LogP contribution in [0.2, 0.25) is 0 Å². The summed E-state index contributed by atoms with van der Waals surface area (Å²) in [5.41, 5.74) is 2.55. The Bertz CT molecular complexity index is 622. The molecule has 0 spiro atoms. The fraction of sp³-hybridized carbons (Fsp3) is 0.438. The van der Waals surface area contributed by atoms with Gasteiger partial charge in [-0.2, -0.15) is 0 Å². The topological polar surface area (TPSA) is 44.9 Å².